The van der Waals surface area contributed by atoms with Crippen molar-refractivity contribution in [3.63, 3.8) is 0 Å². The predicted octanol–water partition coefficient (Wildman–Crippen LogP) is 3.91. The van der Waals surface area contributed by atoms with Gasteiger partial charge in [-0.25, -0.2) is 0 Å². The van der Waals surface area contributed by atoms with Gasteiger partial charge in [0.2, 0.25) is 0 Å². The Kier molecular flexibility index (Phi) is 4.12. The highest BCUT2D eigenvalue weighted by Crippen LogP contribution is 2.20. The Morgan fingerprint density at radius 3 is 2.80 bits per heavy atom. The van der Waals surface area contributed by atoms with Gasteiger partial charge in [0.25, 0.3) is 0 Å². The normalized spacial score (nSPS) is 19.4. The van der Waals surface area contributed by atoms with E-state index in [1.54, 1.807) is 0 Å². The van der Waals surface area contributed by atoms with Crippen LogP contribution in [0.5, 0.6) is 0 Å². The molecule has 0 amide bonds. The fraction of sp³-hybridized carbons (Fsp3) is 0.389. The minimum absolute atomic E-state index is 0.154. The zero-order valence-electron chi connectivity index (χ0n) is 11.7. The van der Waals surface area contributed by atoms with Crippen LogP contribution in [-0.2, 0) is 16.0 Å². The molecule has 0 aliphatic heterocycles. The third-order valence-electron chi connectivity index (χ3n) is 4.07. The van der Waals surface area contributed by atoms with Crippen LogP contribution in [0.1, 0.15) is 31.2 Å². The molecular weight excluding hydrogens is 248 g/mol. The van der Waals surface area contributed by atoms with Gasteiger partial charge in [0.05, 0.1) is 6.61 Å². The van der Waals surface area contributed by atoms with Crippen LogP contribution in [0.2, 0.25) is 0 Å². The first-order valence-electron chi connectivity index (χ1n) is 7.45. The molecule has 0 unspecified atom stereocenters. The lowest BCUT2D eigenvalue weighted by Gasteiger charge is -2.21. The minimum Gasteiger partial charge on any atom is -0.370 e. The molecule has 2 nitrogen and oxygen atoms in total. The summed E-state index contributed by atoms with van der Waals surface area (Å²) in [7, 11) is 0. The molecular formula is C18H20O2. The molecule has 0 aromatic heterocycles. The van der Waals surface area contributed by atoms with Gasteiger partial charge in [-0.1, -0.05) is 42.5 Å². The maximum atomic E-state index is 11.7. The Hall–Kier alpha value is -1.67. The number of carbonyl (C=O) groups excluding carboxylic acids is 1. The van der Waals surface area contributed by atoms with Gasteiger partial charge in [-0.15, -0.1) is 0 Å². The van der Waals surface area contributed by atoms with Gasteiger partial charge in [0.1, 0.15) is 6.10 Å². The summed E-state index contributed by atoms with van der Waals surface area (Å²) in [4.78, 5) is 11.7. The first kappa shape index (κ1) is 13.3. The summed E-state index contributed by atoms with van der Waals surface area (Å²) < 4.78 is 5.80. The second-order valence-corrected chi connectivity index (χ2v) is 5.46. The van der Waals surface area contributed by atoms with Crippen molar-refractivity contribution in [3.05, 3.63) is 48.0 Å². The Morgan fingerprint density at radius 2 is 1.90 bits per heavy atom. The predicted molar refractivity (Wildman–Crippen MR) is 80.9 cm³/mol. The molecule has 1 atom stereocenters. The summed E-state index contributed by atoms with van der Waals surface area (Å²) in [6, 6.07) is 14.8. The summed E-state index contributed by atoms with van der Waals surface area (Å²) >= 11 is 0. The van der Waals surface area contributed by atoms with Gasteiger partial charge >= 0.3 is 0 Å². The van der Waals surface area contributed by atoms with Crippen molar-refractivity contribution in [1.82, 2.24) is 0 Å². The maximum absolute atomic E-state index is 11.7. The zero-order valence-corrected chi connectivity index (χ0v) is 11.7. The fourth-order valence-electron chi connectivity index (χ4n) is 2.95. The highest BCUT2D eigenvalue weighted by molar-refractivity contribution is 5.85. The SMILES string of the molecule is O=C1CCCC[C@@H]1OCCc1cccc2ccccc12. The summed E-state index contributed by atoms with van der Waals surface area (Å²) in [6.45, 7) is 0.629. The Morgan fingerprint density at radius 1 is 1.05 bits per heavy atom. The number of Topliss-reactive ketones (excluding diaryl/α,β-unsaturated/α-hetero) is 1. The van der Waals surface area contributed by atoms with E-state index in [1.807, 2.05) is 0 Å². The topological polar surface area (TPSA) is 26.3 Å². The third kappa shape index (κ3) is 2.91. The lowest BCUT2D eigenvalue weighted by Crippen LogP contribution is -2.28. The second-order valence-electron chi connectivity index (χ2n) is 5.46. The van der Waals surface area contributed by atoms with E-state index in [-0.39, 0.29) is 11.9 Å². The number of fused-ring (bicyclic) bond motifs is 1. The van der Waals surface area contributed by atoms with Crippen LogP contribution in [-0.4, -0.2) is 18.5 Å². The number of hydrogen-bond donors (Lipinski definition) is 0. The molecule has 3 rings (SSSR count). The van der Waals surface area contributed by atoms with Crippen LogP contribution in [0.25, 0.3) is 10.8 Å². The largest absolute Gasteiger partial charge is 0.370 e. The minimum atomic E-state index is -0.154. The van der Waals surface area contributed by atoms with Crippen molar-refractivity contribution in [2.75, 3.05) is 6.61 Å². The first-order chi connectivity index (χ1) is 9.84. The van der Waals surface area contributed by atoms with Crippen LogP contribution in [0.15, 0.2) is 42.5 Å². The van der Waals surface area contributed by atoms with Crippen LogP contribution in [0.3, 0.4) is 0 Å². The smallest absolute Gasteiger partial charge is 0.161 e. The van der Waals surface area contributed by atoms with Crippen LogP contribution in [0.4, 0.5) is 0 Å². The number of carbonyl (C=O) groups is 1. The van der Waals surface area contributed by atoms with E-state index < -0.39 is 0 Å². The fourth-order valence-corrected chi connectivity index (χ4v) is 2.95. The quantitative estimate of drug-likeness (QED) is 0.840. The number of ether oxygens (including phenoxy) is 1. The molecule has 1 saturated carbocycles. The van der Waals surface area contributed by atoms with E-state index in [1.165, 1.54) is 16.3 Å². The molecule has 2 aromatic carbocycles. The second kappa shape index (κ2) is 6.19. The lowest BCUT2D eigenvalue weighted by atomic mass is 9.96. The van der Waals surface area contributed by atoms with Crippen molar-refractivity contribution >= 4 is 16.6 Å². The van der Waals surface area contributed by atoms with E-state index in [0.717, 1.165) is 25.7 Å². The highest BCUT2D eigenvalue weighted by Gasteiger charge is 2.22. The summed E-state index contributed by atoms with van der Waals surface area (Å²) in [5.41, 5.74) is 1.30. The van der Waals surface area contributed by atoms with E-state index in [4.69, 9.17) is 4.74 Å². The van der Waals surface area contributed by atoms with E-state index in [0.29, 0.717) is 13.0 Å². The lowest BCUT2D eigenvalue weighted by molar-refractivity contribution is -0.133. The van der Waals surface area contributed by atoms with Crippen LogP contribution >= 0.6 is 0 Å². The molecule has 0 radical (unpaired) electrons. The number of benzene rings is 2. The molecule has 2 heteroatoms. The number of rotatable bonds is 4. The Labute approximate surface area is 119 Å². The van der Waals surface area contributed by atoms with Gasteiger partial charge in [-0.3, -0.25) is 4.79 Å². The molecule has 1 fully saturated rings. The number of hydrogen-bond acceptors (Lipinski definition) is 2. The number of ketones is 1. The van der Waals surface area contributed by atoms with Gasteiger partial charge < -0.3 is 4.74 Å². The van der Waals surface area contributed by atoms with E-state index >= 15 is 0 Å². The van der Waals surface area contributed by atoms with Crippen molar-refractivity contribution < 1.29 is 9.53 Å². The zero-order chi connectivity index (χ0) is 13.8. The van der Waals surface area contributed by atoms with E-state index in [9.17, 15) is 4.79 Å². The van der Waals surface area contributed by atoms with Gasteiger partial charge in [-0.05, 0) is 42.0 Å². The van der Waals surface area contributed by atoms with E-state index in [2.05, 4.69) is 42.5 Å². The molecule has 0 heterocycles. The Bertz CT molecular complexity index is 598. The average molecular weight is 268 g/mol. The molecule has 0 bridgehead atoms. The van der Waals surface area contributed by atoms with Crippen LogP contribution in [0, 0.1) is 0 Å². The molecule has 0 saturated heterocycles. The highest BCUT2D eigenvalue weighted by atomic mass is 16.5. The maximum Gasteiger partial charge on any atom is 0.161 e. The summed E-state index contributed by atoms with van der Waals surface area (Å²) in [5, 5.41) is 2.55. The molecule has 0 N–H and O–H groups in total. The molecule has 0 spiro atoms. The molecule has 1 aliphatic carbocycles. The first-order valence-corrected chi connectivity index (χ1v) is 7.45. The summed E-state index contributed by atoms with van der Waals surface area (Å²) in [6.07, 6.45) is 4.45. The summed E-state index contributed by atoms with van der Waals surface area (Å²) in [5.74, 6) is 0.286. The van der Waals surface area contributed by atoms with Gasteiger partial charge in [0, 0.05) is 6.42 Å². The standard InChI is InChI=1S/C18H20O2/c19-17-10-3-4-11-18(17)20-13-12-15-8-5-7-14-6-1-2-9-16(14)15/h1-2,5-9,18H,3-4,10-13H2/t18-/m0/s1. The van der Waals surface area contributed by atoms with Crippen molar-refractivity contribution in [1.29, 1.82) is 0 Å². The molecule has 2 aromatic rings. The molecule has 20 heavy (non-hydrogen) atoms. The van der Waals surface area contributed by atoms with Crippen LogP contribution < -0.4 is 0 Å². The van der Waals surface area contributed by atoms with Crippen molar-refractivity contribution in [3.8, 4) is 0 Å². The third-order valence-corrected chi connectivity index (χ3v) is 4.07. The monoisotopic (exact) mass is 268 g/mol. The molecule has 104 valence electrons. The van der Waals surface area contributed by atoms with Gasteiger partial charge in [0.15, 0.2) is 5.78 Å². The van der Waals surface area contributed by atoms with Crippen molar-refractivity contribution in [2.45, 2.75) is 38.2 Å². The average Bonchev–Trinajstić information content (AvgIpc) is 2.49. The Balaban J connectivity index is 1.64. The van der Waals surface area contributed by atoms with Crippen molar-refractivity contribution in [2.24, 2.45) is 0 Å². The van der Waals surface area contributed by atoms with Gasteiger partial charge in [-0.2, -0.15) is 0 Å². The molecule has 1 aliphatic rings.